The lowest BCUT2D eigenvalue weighted by Crippen LogP contribution is -2.36. The number of methoxy groups -OCH3 is 1. The number of hydrogen-bond acceptors (Lipinski definition) is 10. The van der Waals surface area contributed by atoms with Crippen LogP contribution in [0.2, 0.25) is 0 Å². The molecule has 0 fully saturated rings. The first-order valence-electron chi connectivity index (χ1n) is 14.8. The van der Waals surface area contributed by atoms with Crippen LogP contribution < -0.4 is 14.9 Å². The Kier molecular flexibility index (Phi) is 9.62. The van der Waals surface area contributed by atoms with E-state index in [4.69, 9.17) is 14.4 Å². The maximum absolute atomic E-state index is 15.2. The number of nitrogens with one attached hydrogen (secondary N) is 2. The highest BCUT2D eigenvalue weighted by Crippen LogP contribution is 2.49. The number of aromatic nitrogens is 5. The highest BCUT2D eigenvalue weighted by atomic mass is 32.2. The van der Waals surface area contributed by atoms with Gasteiger partial charge in [0.05, 0.1) is 35.1 Å². The number of ether oxygens (including phenoxy) is 1. The van der Waals surface area contributed by atoms with E-state index in [0.717, 1.165) is 9.79 Å². The summed E-state index contributed by atoms with van der Waals surface area (Å²) in [6, 6.07) is 22.4. The molecule has 1 unspecified atom stereocenters. The summed E-state index contributed by atoms with van der Waals surface area (Å²) in [5.74, 6) is -0.693. The van der Waals surface area contributed by atoms with E-state index in [1.165, 1.54) is 36.4 Å². The Hall–Kier alpha value is -5.36. The van der Waals surface area contributed by atoms with Crippen LogP contribution in [0.15, 0.2) is 107 Å². The number of rotatable bonds is 11. The molecule has 14 heteroatoms. The smallest absolute Gasteiger partial charge is 0.440 e. The van der Waals surface area contributed by atoms with E-state index in [1.807, 2.05) is 48.5 Å². The minimum Gasteiger partial charge on any atom is -0.468 e. The molecule has 6 aromatic rings. The van der Waals surface area contributed by atoms with Crippen LogP contribution >= 0.6 is 19.4 Å². The van der Waals surface area contributed by atoms with Crippen LogP contribution in [-0.2, 0) is 14.1 Å². The molecule has 0 aliphatic heterocycles. The zero-order valence-electron chi connectivity index (χ0n) is 26.1. The summed E-state index contributed by atoms with van der Waals surface area (Å²) in [5, 5.41) is 11.0. The predicted molar refractivity (Wildman–Crippen MR) is 189 cm³/mol. The van der Waals surface area contributed by atoms with Crippen molar-refractivity contribution in [3.63, 3.8) is 0 Å². The molecule has 2 atom stereocenters. The lowest BCUT2D eigenvalue weighted by Gasteiger charge is -2.24. The average Bonchev–Trinajstić information content (AvgIpc) is 3.49. The average molecular weight is 684 g/mol. The number of carbonyl (C=O) groups excluding carboxylic acids is 2. The maximum Gasteiger partial charge on any atom is 0.440 e. The van der Waals surface area contributed by atoms with Gasteiger partial charge in [0, 0.05) is 43.7 Å². The summed E-state index contributed by atoms with van der Waals surface area (Å²) >= 11 is 1.37. The Morgan fingerprint density at radius 2 is 1.77 bits per heavy atom. The molecule has 0 aliphatic rings. The molecular formula is C34H34N7O5PS. The number of para-hydroxylation sites is 1. The van der Waals surface area contributed by atoms with Crippen molar-refractivity contribution in [2.45, 2.75) is 22.8 Å². The van der Waals surface area contributed by atoms with E-state index in [9.17, 15) is 9.59 Å². The van der Waals surface area contributed by atoms with Gasteiger partial charge in [-0.1, -0.05) is 36.0 Å². The molecule has 3 heterocycles. The van der Waals surface area contributed by atoms with E-state index < -0.39 is 19.7 Å². The lowest BCUT2D eigenvalue weighted by atomic mass is 10.2. The summed E-state index contributed by atoms with van der Waals surface area (Å²) in [4.78, 5) is 39.8. The molecule has 2 N–H and O–H groups in total. The molecule has 0 saturated heterocycles. The van der Waals surface area contributed by atoms with Crippen molar-refractivity contribution in [3.8, 4) is 5.75 Å². The van der Waals surface area contributed by atoms with Crippen molar-refractivity contribution in [1.29, 1.82) is 0 Å². The van der Waals surface area contributed by atoms with Crippen molar-refractivity contribution in [2.75, 3.05) is 14.2 Å². The number of nitrogens with zero attached hydrogens (tertiary/aromatic N) is 5. The van der Waals surface area contributed by atoms with Crippen molar-refractivity contribution >= 4 is 65.4 Å². The fourth-order valence-electron chi connectivity index (χ4n) is 4.90. The van der Waals surface area contributed by atoms with Crippen molar-refractivity contribution in [3.05, 3.63) is 114 Å². The Bertz CT molecular complexity index is 2220. The Morgan fingerprint density at radius 3 is 2.56 bits per heavy atom. The van der Waals surface area contributed by atoms with Gasteiger partial charge in [-0.2, -0.15) is 9.55 Å². The first kappa shape index (κ1) is 32.6. The van der Waals surface area contributed by atoms with Crippen LogP contribution in [0.25, 0.3) is 34.1 Å². The Labute approximate surface area is 283 Å². The van der Waals surface area contributed by atoms with Gasteiger partial charge in [0.15, 0.2) is 5.75 Å². The molecule has 0 saturated carbocycles. The lowest BCUT2D eigenvalue weighted by molar-refractivity contribution is -0.142. The minimum atomic E-state index is -4.31. The predicted octanol–water partition coefficient (Wildman–Crippen LogP) is 6.73. The molecule has 3 aromatic heterocycles. The van der Waals surface area contributed by atoms with Crippen LogP contribution in [0, 0.1) is 0 Å². The minimum absolute atomic E-state index is 0. The number of amides is 1. The summed E-state index contributed by atoms with van der Waals surface area (Å²) in [7, 11) is -1.48. The molecule has 0 aliphatic carbocycles. The third kappa shape index (κ3) is 6.84. The second kappa shape index (κ2) is 14.2. The zero-order valence-corrected chi connectivity index (χ0v) is 27.8. The van der Waals surface area contributed by atoms with Gasteiger partial charge < -0.3 is 14.6 Å². The first-order chi connectivity index (χ1) is 23.3. The third-order valence-electron chi connectivity index (χ3n) is 7.19. The highest BCUT2D eigenvalue weighted by Gasteiger charge is 2.36. The number of benzene rings is 3. The fraction of sp³-hybridized carbons (Fsp3) is 0.118. The van der Waals surface area contributed by atoms with Crippen molar-refractivity contribution in [1.82, 2.24) is 34.9 Å². The molecule has 0 bridgehead atoms. The van der Waals surface area contributed by atoms with E-state index in [0.29, 0.717) is 38.9 Å². The Morgan fingerprint density at radius 1 is 0.958 bits per heavy atom. The number of esters is 1. The van der Waals surface area contributed by atoms with Gasteiger partial charge in [-0.15, -0.1) is 0 Å². The topological polar surface area (TPSA) is 150 Å². The molecule has 246 valence electrons. The number of hydrogen-bond donors (Lipinski definition) is 2. The van der Waals surface area contributed by atoms with E-state index >= 15 is 4.57 Å². The molecule has 0 spiro atoms. The van der Waals surface area contributed by atoms with Crippen LogP contribution in [-0.4, -0.2) is 56.6 Å². The van der Waals surface area contributed by atoms with Crippen LogP contribution in [0.4, 0.5) is 0 Å². The van der Waals surface area contributed by atoms with Crippen molar-refractivity contribution in [2.24, 2.45) is 0 Å². The standard InChI is InChI=1S/C34H30N7O5PS.2H2/c1-22(34(43)45-3)40-47(44,46-30-12-8-11-28-32(30)38-20-19-37-28)41-29-21-24(48-31-13-5-4-10-26(31)33(42)35-2)15-16-25(29)27(39-41)17-14-23-9-6-7-18-36-23;;/h4-22H,1-3H3,(H,35,42)(H,40,44);2*1H/b17-14+;;/t22-,47?;;/m0../s1. The van der Waals surface area contributed by atoms with Gasteiger partial charge in [0.1, 0.15) is 11.6 Å². The quantitative estimate of drug-likeness (QED) is 0.110. The SMILES string of the molecule is CNC(=O)c1ccccc1Sc1ccc2c(/C=C/c3ccccn3)nn(P(=O)(N[C@@H](C)C(=O)OC)Oc3cccc4nccnc34)c2c1.[HH].[HH]. The number of fused-ring (bicyclic) bond motifs is 2. The maximum atomic E-state index is 15.2. The molecule has 6 rings (SSSR count). The normalized spacial score (nSPS) is 13.3. The van der Waals surface area contributed by atoms with Gasteiger partial charge in [-0.05, 0) is 73.7 Å². The molecule has 3 aromatic carbocycles. The fourth-order valence-corrected chi connectivity index (χ4v) is 7.79. The first-order valence-corrected chi connectivity index (χ1v) is 17.2. The van der Waals surface area contributed by atoms with Gasteiger partial charge in [-0.25, -0.2) is 14.6 Å². The zero-order chi connectivity index (χ0) is 33.7. The van der Waals surface area contributed by atoms with Crippen LogP contribution in [0.5, 0.6) is 5.75 Å². The molecule has 0 radical (unpaired) electrons. The third-order valence-corrected chi connectivity index (χ3v) is 10.2. The second-order valence-electron chi connectivity index (χ2n) is 10.4. The van der Waals surface area contributed by atoms with Gasteiger partial charge >= 0.3 is 13.6 Å². The number of carbonyl (C=O) groups is 2. The van der Waals surface area contributed by atoms with E-state index in [1.54, 1.807) is 61.9 Å². The van der Waals surface area contributed by atoms with Gasteiger partial charge in [0.25, 0.3) is 5.91 Å². The Balaban J connectivity index is 0.00000281. The summed E-state index contributed by atoms with van der Waals surface area (Å²) < 4.78 is 27.7. The largest absolute Gasteiger partial charge is 0.468 e. The molecule has 48 heavy (non-hydrogen) atoms. The van der Waals surface area contributed by atoms with E-state index in [-0.39, 0.29) is 14.5 Å². The summed E-state index contributed by atoms with van der Waals surface area (Å²) in [5.41, 5.74) is 3.04. The van der Waals surface area contributed by atoms with Crippen LogP contribution in [0.3, 0.4) is 0 Å². The summed E-state index contributed by atoms with van der Waals surface area (Å²) in [6.07, 6.45) is 8.31. The monoisotopic (exact) mass is 683 g/mol. The van der Waals surface area contributed by atoms with Gasteiger partial charge in [0.2, 0.25) is 0 Å². The molecular weight excluding hydrogens is 649 g/mol. The molecule has 1 amide bonds. The second-order valence-corrected chi connectivity index (χ2v) is 13.4. The number of pyridine rings is 1. The van der Waals surface area contributed by atoms with Crippen molar-refractivity contribution < 1.29 is 26.3 Å². The van der Waals surface area contributed by atoms with Gasteiger partial charge in [-0.3, -0.25) is 19.6 Å². The van der Waals surface area contributed by atoms with E-state index in [2.05, 4.69) is 25.4 Å². The summed E-state index contributed by atoms with van der Waals surface area (Å²) in [6.45, 7) is 1.52. The van der Waals surface area contributed by atoms with Crippen LogP contribution in [0.1, 0.15) is 31.5 Å². The molecule has 12 nitrogen and oxygen atoms in total. The highest BCUT2D eigenvalue weighted by molar-refractivity contribution is 7.99.